The maximum absolute atomic E-state index is 13.2. The molecule has 0 radical (unpaired) electrons. The number of rotatable bonds is 4. The maximum Gasteiger partial charge on any atom is 0.274 e. The van der Waals surface area contributed by atoms with E-state index in [4.69, 9.17) is 14.7 Å². The second-order valence-corrected chi connectivity index (χ2v) is 6.93. The lowest BCUT2D eigenvalue weighted by Gasteiger charge is -2.16. The van der Waals surface area contributed by atoms with Crippen LogP contribution in [0, 0.1) is 0 Å². The number of amides is 2. The number of nitrogens with zero attached hydrogens (tertiary/aromatic N) is 2. The molecule has 2 aromatic carbocycles. The minimum Gasteiger partial charge on any atom is -0.497 e. The molecule has 2 amide bonds. The van der Waals surface area contributed by atoms with E-state index in [1.165, 1.54) is 7.11 Å². The van der Waals surface area contributed by atoms with Crippen LogP contribution in [0.25, 0.3) is 10.9 Å². The van der Waals surface area contributed by atoms with Crippen LogP contribution in [0.15, 0.2) is 36.4 Å². The summed E-state index contributed by atoms with van der Waals surface area (Å²) in [5.74, 6) is 0.501. The van der Waals surface area contributed by atoms with Crippen molar-refractivity contribution in [3.8, 4) is 11.5 Å². The first kappa shape index (κ1) is 18.8. The van der Waals surface area contributed by atoms with E-state index < -0.39 is 5.91 Å². The first-order chi connectivity index (χ1) is 14.0. The van der Waals surface area contributed by atoms with Crippen LogP contribution in [-0.4, -0.2) is 40.7 Å². The van der Waals surface area contributed by atoms with Gasteiger partial charge >= 0.3 is 0 Å². The molecule has 0 atom stereocenters. The van der Waals surface area contributed by atoms with Crippen molar-refractivity contribution in [3.05, 3.63) is 58.8 Å². The Morgan fingerprint density at radius 1 is 1.07 bits per heavy atom. The smallest absolute Gasteiger partial charge is 0.274 e. The molecule has 0 bridgehead atoms. The number of aryl methyl sites for hydroxylation is 1. The Balaban J connectivity index is 1.67. The number of methoxy groups -OCH3 is 2. The van der Waals surface area contributed by atoms with Gasteiger partial charge in [-0.15, -0.1) is 0 Å². The fraction of sp³-hybridized carbons (Fsp3) is 0.238. The van der Waals surface area contributed by atoms with Crippen LogP contribution in [-0.2, 0) is 20.1 Å². The van der Waals surface area contributed by atoms with E-state index in [1.54, 1.807) is 29.6 Å². The third-order valence-electron chi connectivity index (χ3n) is 5.35. The molecule has 29 heavy (non-hydrogen) atoms. The van der Waals surface area contributed by atoms with Gasteiger partial charge in [-0.05, 0) is 42.0 Å². The number of hydrogen-bond acceptors (Lipinski definition) is 5. The number of benzene rings is 2. The van der Waals surface area contributed by atoms with E-state index in [9.17, 15) is 9.59 Å². The van der Waals surface area contributed by atoms with Crippen molar-refractivity contribution in [2.45, 2.75) is 13.1 Å². The molecule has 0 saturated heterocycles. The molecule has 0 aliphatic carbocycles. The first-order valence-corrected chi connectivity index (χ1v) is 9.03. The summed E-state index contributed by atoms with van der Waals surface area (Å²) in [6.07, 6.45) is 0. The van der Waals surface area contributed by atoms with Crippen LogP contribution in [0.5, 0.6) is 11.5 Å². The number of carbonyl (C=O) groups is 2. The van der Waals surface area contributed by atoms with Gasteiger partial charge < -0.3 is 18.9 Å². The number of fused-ring (bicyclic) bond motifs is 2. The van der Waals surface area contributed by atoms with Gasteiger partial charge in [-0.25, -0.2) is 5.48 Å². The van der Waals surface area contributed by atoms with Gasteiger partial charge in [0.15, 0.2) is 0 Å². The predicted molar refractivity (Wildman–Crippen MR) is 105 cm³/mol. The number of nitrogens with one attached hydrogen (secondary N) is 1. The molecule has 3 aromatic rings. The van der Waals surface area contributed by atoms with E-state index in [1.807, 2.05) is 35.9 Å². The van der Waals surface area contributed by atoms with Gasteiger partial charge in [0.1, 0.15) is 17.2 Å². The number of carbonyl (C=O) groups excluding carboxylic acids is 2. The third-order valence-corrected chi connectivity index (χ3v) is 5.35. The molecule has 2 N–H and O–H groups in total. The van der Waals surface area contributed by atoms with Crippen molar-refractivity contribution in [2.75, 3.05) is 14.2 Å². The third kappa shape index (κ3) is 3.07. The zero-order chi connectivity index (χ0) is 20.7. The monoisotopic (exact) mass is 395 g/mol. The van der Waals surface area contributed by atoms with Gasteiger partial charge in [0.05, 0.1) is 20.8 Å². The van der Waals surface area contributed by atoms with Crippen LogP contribution >= 0.6 is 0 Å². The van der Waals surface area contributed by atoms with Crippen molar-refractivity contribution in [3.63, 3.8) is 0 Å². The minimum atomic E-state index is -0.626. The molecule has 8 heteroatoms. The molecule has 2 heterocycles. The highest BCUT2D eigenvalue weighted by Crippen LogP contribution is 2.34. The summed E-state index contributed by atoms with van der Waals surface area (Å²) < 4.78 is 12.5. The summed E-state index contributed by atoms with van der Waals surface area (Å²) in [5.41, 5.74) is 5.07. The zero-order valence-corrected chi connectivity index (χ0v) is 16.4. The molecular formula is C21H21N3O5. The van der Waals surface area contributed by atoms with Gasteiger partial charge in [-0.2, -0.15) is 0 Å². The molecule has 1 aliphatic rings. The lowest BCUT2D eigenvalue weighted by molar-refractivity contribution is 0.0705. The topological polar surface area (TPSA) is 93.0 Å². The van der Waals surface area contributed by atoms with Crippen LogP contribution in [0.1, 0.15) is 32.0 Å². The Kier molecular flexibility index (Phi) is 4.63. The van der Waals surface area contributed by atoms with Crippen molar-refractivity contribution < 1.29 is 24.3 Å². The average Bonchev–Trinajstić information content (AvgIpc) is 3.32. The largest absolute Gasteiger partial charge is 0.497 e. The summed E-state index contributed by atoms with van der Waals surface area (Å²) in [6, 6.07) is 10.8. The Morgan fingerprint density at radius 2 is 1.86 bits per heavy atom. The maximum atomic E-state index is 13.2. The van der Waals surface area contributed by atoms with Crippen LogP contribution in [0.2, 0.25) is 0 Å². The summed E-state index contributed by atoms with van der Waals surface area (Å²) >= 11 is 0. The Morgan fingerprint density at radius 3 is 2.55 bits per heavy atom. The minimum absolute atomic E-state index is 0.117. The Hall–Kier alpha value is -3.52. The zero-order valence-electron chi connectivity index (χ0n) is 16.4. The lowest BCUT2D eigenvalue weighted by atomic mass is 10.0. The fourth-order valence-corrected chi connectivity index (χ4v) is 3.82. The second-order valence-electron chi connectivity index (χ2n) is 6.93. The molecule has 4 rings (SSSR count). The molecule has 150 valence electrons. The number of aromatic nitrogens is 1. The standard InChI is InChI=1S/C21H21N3O5/c1-23-17-5-4-15(28-2)7-12(17)8-18(23)21(26)24-10-14-6-13(20(25)22-27)9-19(29-3)16(14)11-24/h4-9,27H,10-11H2,1-3H3,(H,22,25). The second kappa shape index (κ2) is 7.14. The SMILES string of the molecule is COc1ccc2c(c1)cc(C(=O)N1Cc3cc(C(=O)NO)cc(OC)c3C1)n2C. The summed E-state index contributed by atoms with van der Waals surface area (Å²) in [7, 11) is 4.98. The summed E-state index contributed by atoms with van der Waals surface area (Å²) in [6.45, 7) is 0.727. The Labute approximate surface area is 167 Å². The average molecular weight is 395 g/mol. The molecule has 0 saturated carbocycles. The number of ether oxygens (including phenoxy) is 2. The van der Waals surface area contributed by atoms with Crippen LogP contribution < -0.4 is 15.0 Å². The predicted octanol–water partition coefficient (Wildman–Crippen LogP) is 2.47. The van der Waals surface area contributed by atoms with Gasteiger partial charge in [-0.1, -0.05) is 0 Å². The van der Waals surface area contributed by atoms with Crippen LogP contribution in [0.3, 0.4) is 0 Å². The van der Waals surface area contributed by atoms with Crippen LogP contribution in [0.4, 0.5) is 0 Å². The molecular weight excluding hydrogens is 374 g/mol. The molecule has 8 nitrogen and oxygen atoms in total. The van der Waals surface area contributed by atoms with E-state index in [2.05, 4.69) is 0 Å². The number of hydroxylamine groups is 1. The van der Waals surface area contributed by atoms with E-state index >= 15 is 0 Å². The first-order valence-electron chi connectivity index (χ1n) is 9.03. The van der Waals surface area contributed by atoms with E-state index in [0.717, 1.165) is 27.8 Å². The highest BCUT2D eigenvalue weighted by Gasteiger charge is 2.30. The van der Waals surface area contributed by atoms with Crippen molar-refractivity contribution in [1.82, 2.24) is 14.9 Å². The molecule has 0 unspecified atom stereocenters. The Bertz CT molecular complexity index is 1140. The summed E-state index contributed by atoms with van der Waals surface area (Å²) in [4.78, 5) is 26.8. The lowest BCUT2D eigenvalue weighted by Crippen LogP contribution is -2.27. The quantitative estimate of drug-likeness (QED) is 0.523. The highest BCUT2D eigenvalue weighted by molar-refractivity contribution is 5.99. The molecule has 1 aromatic heterocycles. The normalized spacial score (nSPS) is 12.8. The highest BCUT2D eigenvalue weighted by atomic mass is 16.5. The fourth-order valence-electron chi connectivity index (χ4n) is 3.82. The number of hydrogen-bond donors (Lipinski definition) is 2. The molecule has 0 fully saturated rings. The van der Waals surface area contributed by atoms with Gasteiger partial charge in [0.25, 0.3) is 11.8 Å². The van der Waals surface area contributed by atoms with Gasteiger partial charge in [0.2, 0.25) is 0 Å². The van der Waals surface area contributed by atoms with E-state index in [-0.39, 0.29) is 11.5 Å². The summed E-state index contributed by atoms with van der Waals surface area (Å²) in [5, 5.41) is 9.83. The van der Waals surface area contributed by atoms with Gasteiger partial charge in [0, 0.05) is 35.6 Å². The van der Waals surface area contributed by atoms with Crippen molar-refractivity contribution in [2.24, 2.45) is 7.05 Å². The van der Waals surface area contributed by atoms with E-state index in [0.29, 0.717) is 24.5 Å². The molecule has 1 aliphatic heterocycles. The molecule has 0 spiro atoms. The van der Waals surface area contributed by atoms with Crippen molar-refractivity contribution >= 4 is 22.7 Å². The van der Waals surface area contributed by atoms with Crippen molar-refractivity contribution in [1.29, 1.82) is 0 Å². The van der Waals surface area contributed by atoms with Gasteiger partial charge in [-0.3, -0.25) is 14.8 Å².